The lowest BCUT2D eigenvalue weighted by Crippen LogP contribution is -1.98. The summed E-state index contributed by atoms with van der Waals surface area (Å²) in [6.07, 6.45) is 0.550. The van der Waals surface area contributed by atoms with Gasteiger partial charge < -0.3 is 0 Å². The van der Waals surface area contributed by atoms with E-state index in [-0.39, 0.29) is 10.5 Å². The minimum Gasteiger partial charge on any atom is -0.258 e. The molecule has 0 aliphatic heterocycles. The zero-order valence-electron chi connectivity index (χ0n) is 7.18. The van der Waals surface area contributed by atoms with E-state index in [0.717, 1.165) is 5.56 Å². The van der Waals surface area contributed by atoms with Gasteiger partial charge in [-0.1, -0.05) is 28.1 Å². The molecule has 1 rings (SSSR count). The first kappa shape index (κ1) is 10.7. The van der Waals surface area contributed by atoms with E-state index in [1.54, 1.807) is 12.1 Å². The summed E-state index contributed by atoms with van der Waals surface area (Å²) >= 11 is 3.17. The predicted molar refractivity (Wildman–Crippen MR) is 55.1 cm³/mol. The van der Waals surface area contributed by atoms with E-state index in [1.807, 2.05) is 6.07 Å². The van der Waals surface area contributed by atoms with Gasteiger partial charge in [-0.05, 0) is 12.0 Å². The van der Waals surface area contributed by atoms with E-state index in [1.165, 1.54) is 12.1 Å². The first-order valence-electron chi connectivity index (χ1n) is 3.90. The van der Waals surface area contributed by atoms with Crippen LogP contribution in [-0.2, 0) is 6.42 Å². The lowest BCUT2D eigenvalue weighted by atomic mass is 10.1. The van der Waals surface area contributed by atoms with Crippen molar-refractivity contribution in [2.75, 3.05) is 0 Å². The summed E-state index contributed by atoms with van der Waals surface area (Å²) in [7, 11) is 0. The average molecular weight is 255 g/mol. The molecule has 14 heavy (non-hydrogen) atoms. The maximum absolute atomic E-state index is 10.3. The van der Waals surface area contributed by atoms with Crippen LogP contribution in [-0.4, -0.2) is 9.75 Å². The van der Waals surface area contributed by atoms with Crippen molar-refractivity contribution >= 4 is 21.6 Å². The molecule has 0 radical (unpaired) electrons. The van der Waals surface area contributed by atoms with Crippen LogP contribution in [0.15, 0.2) is 24.3 Å². The van der Waals surface area contributed by atoms with Crippen molar-refractivity contribution in [1.29, 1.82) is 5.26 Å². The third-order valence-corrected chi connectivity index (χ3v) is 2.23. The van der Waals surface area contributed by atoms with Gasteiger partial charge >= 0.3 is 0 Å². The van der Waals surface area contributed by atoms with Crippen LogP contribution in [0.1, 0.15) is 5.56 Å². The van der Waals surface area contributed by atoms with Gasteiger partial charge in [0, 0.05) is 12.1 Å². The number of benzene rings is 1. The minimum atomic E-state index is -0.445. The van der Waals surface area contributed by atoms with Crippen molar-refractivity contribution in [2.45, 2.75) is 11.2 Å². The highest BCUT2D eigenvalue weighted by Gasteiger charge is 2.06. The van der Waals surface area contributed by atoms with Crippen LogP contribution in [0.4, 0.5) is 5.69 Å². The molecular weight excluding hydrogens is 248 g/mol. The highest BCUT2D eigenvalue weighted by atomic mass is 79.9. The number of nitro groups is 1. The number of nitrogens with zero attached hydrogens (tertiary/aromatic N) is 2. The Balaban J connectivity index is 2.75. The lowest BCUT2D eigenvalue weighted by Gasteiger charge is -2.00. The molecule has 0 aliphatic carbocycles. The largest absolute Gasteiger partial charge is 0.269 e. The molecule has 0 saturated carbocycles. The van der Waals surface area contributed by atoms with Gasteiger partial charge in [-0.15, -0.1) is 0 Å². The molecule has 1 aromatic carbocycles. The fourth-order valence-corrected chi connectivity index (χ4v) is 1.38. The third-order valence-electron chi connectivity index (χ3n) is 1.70. The van der Waals surface area contributed by atoms with E-state index >= 15 is 0 Å². The molecule has 4 nitrogen and oxygen atoms in total. The van der Waals surface area contributed by atoms with E-state index in [2.05, 4.69) is 15.9 Å². The molecule has 1 aromatic rings. The maximum atomic E-state index is 10.3. The Bertz CT molecular complexity index is 369. The highest BCUT2D eigenvalue weighted by Crippen LogP contribution is 2.14. The summed E-state index contributed by atoms with van der Waals surface area (Å²) in [6.45, 7) is 0. The second kappa shape index (κ2) is 4.72. The van der Waals surface area contributed by atoms with Gasteiger partial charge in [0.1, 0.15) is 4.83 Å². The Labute approximate surface area is 89.4 Å². The normalized spacial score (nSPS) is 11.7. The van der Waals surface area contributed by atoms with Gasteiger partial charge in [-0.2, -0.15) is 5.26 Å². The van der Waals surface area contributed by atoms with E-state index < -0.39 is 4.92 Å². The van der Waals surface area contributed by atoms with Gasteiger partial charge in [0.25, 0.3) is 5.69 Å². The van der Waals surface area contributed by atoms with Crippen LogP contribution in [0, 0.1) is 21.4 Å². The zero-order chi connectivity index (χ0) is 10.6. The molecule has 1 atom stereocenters. The van der Waals surface area contributed by atoms with Crippen LogP contribution >= 0.6 is 15.9 Å². The summed E-state index contributed by atoms with van der Waals surface area (Å²) in [5, 5.41) is 18.9. The van der Waals surface area contributed by atoms with E-state index in [0.29, 0.717) is 6.42 Å². The number of hydrogen-bond acceptors (Lipinski definition) is 3. The fraction of sp³-hybridized carbons (Fsp3) is 0.222. The summed E-state index contributed by atoms with van der Waals surface area (Å²) in [4.78, 5) is 9.64. The Hall–Kier alpha value is -1.41. The first-order valence-corrected chi connectivity index (χ1v) is 4.82. The Morgan fingerprint density at radius 1 is 1.50 bits per heavy atom. The number of alkyl halides is 1. The molecule has 0 saturated heterocycles. The van der Waals surface area contributed by atoms with Crippen LogP contribution in [0.2, 0.25) is 0 Å². The topological polar surface area (TPSA) is 66.9 Å². The van der Waals surface area contributed by atoms with Crippen molar-refractivity contribution in [1.82, 2.24) is 0 Å². The maximum Gasteiger partial charge on any atom is 0.269 e. The van der Waals surface area contributed by atoms with E-state index in [4.69, 9.17) is 5.26 Å². The summed E-state index contributed by atoms with van der Waals surface area (Å²) in [5.41, 5.74) is 0.968. The second-order valence-corrected chi connectivity index (χ2v) is 3.83. The SMILES string of the molecule is N#CC(Br)Cc1ccc([N+](=O)[O-])cc1. The number of hydrogen-bond donors (Lipinski definition) is 0. The molecule has 0 aromatic heterocycles. The van der Waals surface area contributed by atoms with Gasteiger partial charge in [0.05, 0.1) is 11.0 Å². The predicted octanol–water partition coefficient (Wildman–Crippen LogP) is 2.42. The first-order chi connectivity index (χ1) is 6.63. The van der Waals surface area contributed by atoms with E-state index in [9.17, 15) is 10.1 Å². The monoisotopic (exact) mass is 254 g/mol. The fourth-order valence-electron chi connectivity index (χ4n) is 1.01. The molecule has 0 bridgehead atoms. The molecule has 5 heteroatoms. The van der Waals surface area contributed by atoms with Crippen LogP contribution < -0.4 is 0 Å². The highest BCUT2D eigenvalue weighted by molar-refractivity contribution is 9.09. The standard InChI is InChI=1S/C9H7BrN2O2/c10-8(6-11)5-7-1-3-9(4-2-7)12(13)14/h1-4,8H,5H2. The minimum absolute atomic E-state index is 0.0665. The van der Waals surface area contributed by atoms with Gasteiger partial charge in [-0.25, -0.2) is 0 Å². The smallest absolute Gasteiger partial charge is 0.258 e. The molecule has 0 spiro atoms. The molecule has 1 unspecified atom stereocenters. The molecule has 0 heterocycles. The van der Waals surface area contributed by atoms with Gasteiger partial charge in [0.2, 0.25) is 0 Å². The number of non-ortho nitro benzene ring substituents is 1. The number of halogens is 1. The quantitative estimate of drug-likeness (QED) is 0.473. The van der Waals surface area contributed by atoms with Crippen LogP contribution in [0.25, 0.3) is 0 Å². The second-order valence-electron chi connectivity index (χ2n) is 2.72. The van der Waals surface area contributed by atoms with Crippen molar-refractivity contribution < 1.29 is 4.92 Å². The number of rotatable bonds is 3. The van der Waals surface area contributed by atoms with Crippen molar-refractivity contribution in [2.24, 2.45) is 0 Å². The van der Waals surface area contributed by atoms with Gasteiger partial charge in [0.15, 0.2) is 0 Å². The van der Waals surface area contributed by atoms with Crippen molar-refractivity contribution in [3.8, 4) is 6.07 Å². The molecular formula is C9H7BrN2O2. The van der Waals surface area contributed by atoms with Crippen LogP contribution in [0.3, 0.4) is 0 Å². The Kier molecular flexibility index (Phi) is 3.60. The van der Waals surface area contributed by atoms with Crippen molar-refractivity contribution in [3.63, 3.8) is 0 Å². The molecule has 0 amide bonds. The lowest BCUT2D eigenvalue weighted by molar-refractivity contribution is -0.384. The zero-order valence-corrected chi connectivity index (χ0v) is 8.77. The third kappa shape index (κ3) is 2.82. The molecule has 72 valence electrons. The Morgan fingerprint density at radius 3 is 2.50 bits per heavy atom. The summed E-state index contributed by atoms with van der Waals surface area (Å²) < 4.78 is 0. The molecule has 0 N–H and O–H groups in total. The molecule has 0 fully saturated rings. The van der Waals surface area contributed by atoms with Crippen LogP contribution in [0.5, 0.6) is 0 Å². The Morgan fingerprint density at radius 2 is 2.07 bits per heavy atom. The molecule has 0 aliphatic rings. The van der Waals surface area contributed by atoms with Gasteiger partial charge in [-0.3, -0.25) is 10.1 Å². The number of nitro benzene ring substituents is 1. The summed E-state index contributed by atoms with van der Waals surface area (Å²) in [6, 6.07) is 8.22. The van der Waals surface area contributed by atoms with Crippen molar-refractivity contribution in [3.05, 3.63) is 39.9 Å². The number of nitriles is 1. The average Bonchev–Trinajstić information content (AvgIpc) is 2.18. The summed E-state index contributed by atoms with van der Waals surface area (Å²) in [5.74, 6) is 0.